The number of ether oxygens (including phenoxy) is 3. The third-order valence-electron chi connectivity index (χ3n) is 7.56. The zero-order valence-corrected chi connectivity index (χ0v) is 22.7. The predicted molar refractivity (Wildman–Crippen MR) is 148 cm³/mol. The van der Waals surface area contributed by atoms with Crippen molar-refractivity contribution < 1.29 is 19.0 Å². The van der Waals surface area contributed by atoms with Crippen molar-refractivity contribution in [1.29, 1.82) is 0 Å². The minimum absolute atomic E-state index is 0.124. The number of H-pyrrole nitrogens is 1. The second kappa shape index (κ2) is 10.9. The maximum Gasteiger partial charge on any atom is 0.271 e. The van der Waals surface area contributed by atoms with Crippen LogP contribution in [0.3, 0.4) is 0 Å². The van der Waals surface area contributed by atoms with Crippen molar-refractivity contribution in [3.63, 3.8) is 0 Å². The summed E-state index contributed by atoms with van der Waals surface area (Å²) in [5.74, 6) is 0.762. The summed E-state index contributed by atoms with van der Waals surface area (Å²) in [6.07, 6.45) is 9.86. The van der Waals surface area contributed by atoms with Crippen LogP contribution in [0, 0.1) is 5.92 Å². The standard InChI is InChI=1S/C29H34N6O5/c1-29(2)38-18-21(40-29)17-34-13-11-26(33-34)32-28(37)24(14-19-6-3-4-7-19)35-27(36)15-20(16-31-35)39-25-9-5-8-23-22(25)10-12-30-23/h5,8-13,15-16,19,21,24,30H,3-4,6-7,14,17-18H2,1-2H3,(H,32,33,37). The first-order valence-electron chi connectivity index (χ1n) is 13.8. The smallest absolute Gasteiger partial charge is 0.271 e. The second-order valence-electron chi connectivity index (χ2n) is 11.0. The monoisotopic (exact) mass is 546 g/mol. The molecule has 40 heavy (non-hydrogen) atoms. The Labute approximate surface area is 231 Å². The second-order valence-corrected chi connectivity index (χ2v) is 11.0. The maximum atomic E-state index is 13.5. The molecule has 1 saturated carbocycles. The molecule has 4 aromatic rings. The van der Waals surface area contributed by atoms with E-state index in [2.05, 4.69) is 20.5 Å². The number of aromatic amines is 1. The van der Waals surface area contributed by atoms with Gasteiger partial charge in [0.05, 0.1) is 19.3 Å². The number of nitrogens with one attached hydrogen (secondary N) is 2. The number of nitrogens with zero attached hydrogens (tertiary/aromatic N) is 4. The first-order valence-corrected chi connectivity index (χ1v) is 13.8. The highest BCUT2D eigenvalue weighted by molar-refractivity contribution is 5.92. The zero-order chi connectivity index (χ0) is 27.7. The number of amides is 1. The first-order chi connectivity index (χ1) is 19.3. The molecule has 2 atom stereocenters. The normalized spacial score (nSPS) is 19.7. The minimum atomic E-state index is -0.768. The minimum Gasteiger partial charge on any atom is -0.455 e. The third-order valence-corrected chi connectivity index (χ3v) is 7.56. The Hall–Kier alpha value is -3.96. The van der Waals surface area contributed by atoms with Gasteiger partial charge in [-0.05, 0) is 44.4 Å². The van der Waals surface area contributed by atoms with Gasteiger partial charge < -0.3 is 24.5 Å². The SMILES string of the molecule is CC1(C)OCC(Cn2ccc(NC(=O)C(CC3CCCC3)n3ncc(Oc4cccc5[nH]ccc45)cc3=O)n2)O1. The van der Waals surface area contributed by atoms with Gasteiger partial charge in [0.2, 0.25) is 0 Å². The lowest BCUT2D eigenvalue weighted by Crippen LogP contribution is -2.36. The molecular weight excluding hydrogens is 512 g/mol. The van der Waals surface area contributed by atoms with Gasteiger partial charge in [-0.25, -0.2) is 4.68 Å². The number of carbonyl (C=O) groups excluding carboxylic acids is 1. The topological polar surface area (TPSA) is 125 Å². The summed E-state index contributed by atoms with van der Waals surface area (Å²) in [7, 11) is 0. The average Bonchev–Trinajstić information content (AvgIpc) is 3.72. The molecule has 2 N–H and O–H groups in total. The Morgan fingerprint density at radius 2 is 2.10 bits per heavy atom. The van der Waals surface area contributed by atoms with Crippen molar-refractivity contribution in [2.45, 2.75) is 70.4 Å². The lowest BCUT2D eigenvalue weighted by atomic mass is 9.98. The van der Waals surface area contributed by atoms with E-state index in [0.717, 1.165) is 36.6 Å². The highest BCUT2D eigenvalue weighted by Crippen LogP contribution is 2.33. The highest BCUT2D eigenvalue weighted by Gasteiger charge is 2.33. The molecule has 11 heteroatoms. The van der Waals surface area contributed by atoms with Gasteiger partial charge in [-0.15, -0.1) is 0 Å². The summed E-state index contributed by atoms with van der Waals surface area (Å²) < 4.78 is 20.5. The van der Waals surface area contributed by atoms with E-state index in [1.165, 1.54) is 16.9 Å². The van der Waals surface area contributed by atoms with E-state index < -0.39 is 17.4 Å². The highest BCUT2D eigenvalue weighted by atomic mass is 16.7. The molecule has 11 nitrogen and oxygen atoms in total. The Bertz CT molecular complexity index is 1550. The molecule has 1 saturated heterocycles. The third kappa shape index (κ3) is 5.80. The zero-order valence-electron chi connectivity index (χ0n) is 22.7. The number of carbonyl (C=O) groups is 1. The van der Waals surface area contributed by atoms with Crippen LogP contribution in [-0.4, -0.2) is 49.0 Å². The number of anilines is 1. The lowest BCUT2D eigenvalue weighted by molar-refractivity contribution is -0.139. The van der Waals surface area contributed by atoms with Crippen LogP contribution in [0.1, 0.15) is 52.0 Å². The van der Waals surface area contributed by atoms with Gasteiger partial charge in [0, 0.05) is 35.4 Å². The van der Waals surface area contributed by atoms with E-state index in [-0.39, 0.29) is 12.0 Å². The van der Waals surface area contributed by atoms with Gasteiger partial charge in [-0.1, -0.05) is 31.7 Å². The maximum absolute atomic E-state index is 13.5. The number of fused-ring (bicyclic) bond motifs is 1. The van der Waals surface area contributed by atoms with Crippen LogP contribution in [0.25, 0.3) is 10.9 Å². The predicted octanol–water partition coefficient (Wildman–Crippen LogP) is 4.63. The van der Waals surface area contributed by atoms with Crippen molar-refractivity contribution in [1.82, 2.24) is 24.5 Å². The Morgan fingerprint density at radius 1 is 1.25 bits per heavy atom. The Morgan fingerprint density at radius 3 is 2.88 bits per heavy atom. The van der Waals surface area contributed by atoms with Crippen molar-refractivity contribution in [2.75, 3.05) is 11.9 Å². The van der Waals surface area contributed by atoms with E-state index in [1.807, 2.05) is 44.3 Å². The summed E-state index contributed by atoms with van der Waals surface area (Å²) in [5.41, 5.74) is 0.533. The van der Waals surface area contributed by atoms with Gasteiger partial charge in [0.1, 0.15) is 17.9 Å². The van der Waals surface area contributed by atoms with Gasteiger partial charge in [0.15, 0.2) is 17.4 Å². The fraction of sp³-hybridized carbons (Fsp3) is 0.448. The van der Waals surface area contributed by atoms with Crippen LogP contribution in [0.2, 0.25) is 0 Å². The largest absolute Gasteiger partial charge is 0.455 e. The van der Waals surface area contributed by atoms with Crippen molar-refractivity contribution in [3.8, 4) is 11.5 Å². The fourth-order valence-corrected chi connectivity index (χ4v) is 5.64. The molecule has 210 valence electrons. The Balaban J connectivity index is 1.18. The van der Waals surface area contributed by atoms with Gasteiger partial charge >= 0.3 is 0 Å². The molecule has 4 heterocycles. The van der Waals surface area contributed by atoms with E-state index in [0.29, 0.717) is 42.8 Å². The summed E-state index contributed by atoms with van der Waals surface area (Å²) in [4.78, 5) is 29.9. The van der Waals surface area contributed by atoms with E-state index in [4.69, 9.17) is 14.2 Å². The van der Waals surface area contributed by atoms with E-state index in [9.17, 15) is 9.59 Å². The van der Waals surface area contributed by atoms with E-state index >= 15 is 0 Å². The van der Waals surface area contributed by atoms with Crippen LogP contribution in [0.15, 0.2) is 59.8 Å². The number of rotatable bonds is 9. The van der Waals surface area contributed by atoms with Crippen LogP contribution >= 0.6 is 0 Å². The number of hydrogen-bond donors (Lipinski definition) is 2. The number of aromatic nitrogens is 5. The lowest BCUT2D eigenvalue weighted by Gasteiger charge is -2.21. The molecule has 2 aliphatic rings. The molecule has 6 rings (SSSR count). The molecule has 1 aliphatic heterocycles. The van der Waals surface area contributed by atoms with Crippen molar-refractivity contribution in [3.05, 3.63) is 65.3 Å². The summed E-state index contributed by atoms with van der Waals surface area (Å²) in [6.45, 7) is 4.74. The van der Waals surface area contributed by atoms with Crippen LogP contribution < -0.4 is 15.6 Å². The molecule has 1 amide bonds. The number of benzene rings is 1. The summed E-state index contributed by atoms with van der Waals surface area (Å²) in [6, 6.07) is 9.93. The molecule has 3 aromatic heterocycles. The van der Waals surface area contributed by atoms with Gasteiger partial charge in [-0.2, -0.15) is 10.2 Å². The molecule has 0 bridgehead atoms. The van der Waals surface area contributed by atoms with E-state index in [1.54, 1.807) is 16.9 Å². The van der Waals surface area contributed by atoms with Crippen molar-refractivity contribution >= 4 is 22.6 Å². The first kappa shape index (κ1) is 26.3. The van der Waals surface area contributed by atoms with Crippen molar-refractivity contribution in [2.24, 2.45) is 5.92 Å². The fourth-order valence-electron chi connectivity index (χ4n) is 5.64. The van der Waals surface area contributed by atoms with Gasteiger partial charge in [0.25, 0.3) is 11.5 Å². The Kier molecular flexibility index (Phi) is 7.16. The summed E-state index contributed by atoms with van der Waals surface area (Å²) in [5, 5.41) is 12.7. The molecule has 1 aromatic carbocycles. The molecule has 0 radical (unpaired) electrons. The average molecular weight is 547 g/mol. The molecule has 2 fully saturated rings. The quantitative estimate of drug-likeness (QED) is 0.314. The van der Waals surface area contributed by atoms with Crippen LogP contribution in [-0.2, 0) is 20.8 Å². The van der Waals surface area contributed by atoms with Crippen LogP contribution in [0.5, 0.6) is 11.5 Å². The molecule has 0 spiro atoms. The summed E-state index contributed by atoms with van der Waals surface area (Å²) >= 11 is 0. The molecule has 1 aliphatic carbocycles. The molecular formula is C29H34N6O5. The van der Waals surface area contributed by atoms with Gasteiger partial charge in [-0.3, -0.25) is 14.3 Å². The number of hydrogen-bond acceptors (Lipinski definition) is 7. The van der Waals surface area contributed by atoms with Crippen LogP contribution in [0.4, 0.5) is 5.82 Å². The molecule has 2 unspecified atom stereocenters.